The molecule has 0 saturated carbocycles. The number of aryl methyl sites for hydroxylation is 2. The van der Waals surface area contributed by atoms with E-state index in [2.05, 4.69) is 5.10 Å². The molecule has 0 aliphatic rings. The van der Waals surface area contributed by atoms with Crippen LogP contribution in [0, 0.1) is 10.1 Å². The fraction of sp³-hybridized carbons (Fsp3) is 0.727. The number of aromatic nitrogens is 2. The Morgan fingerprint density at radius 2 is 2.12 bits per heavy atom. The largest absolute Gasteiger partial charge is 0.327 e. The van der Waals surface area contributed by atoms with Crippen LogP contribution in [0.4, 0.5) is 5.69 Å². The molecule has 0 bridgehead atoms. The minimum Gasteiger partial charge on any atom is -0.327 e. The molecule has 0 saturated heterocycles. The van der Waals surface area contributed by atoms with E-state index in [1.165, 1.54) is 0 Å². The first-order valence-electron chi connectivity index (χ1n) is 5.85. The minimum absolute atomic E-state index is 0.0847. The first-order valence-corrected chi connectivity index (χ1v) is 5.85. The molecule has 0 aliphatic heterocycles. The first kappa shape index (κ1) is 13.6. The number of nitrogens with two attached hydrogens (primary N) is 1. The van der Waals surface area contributed by atoms with Gasteiger partial charge in [-0.05, 0) is 13.3 Å². The van der Waals surface area contributed by atoms with Gasteiger partial charge >= 0.3 is 5.69 Å². The average Bonchev–Trinajstić information content (AvgIpc) is 2.54. The number of hydrogen-bond acceptors (Lipinski definition) is 4. The van der Waals surface area contributed by atoms with Crippen molar-refractivity contribution in [2.45, 2.75) is 45.6 Å². The Bertz CT molecular complexity index is 412. The Kier molecular flexibility index (Phi) is 4.22. The van der Waals surface area contributed by atoms with Gasteiger partial charge < -0.3 is 5.73 Å². The van der Waals surface area contributed by atoms with Crippen LogP contribution in [0.5, 0.6) is 0 Å². The van der Waals surface area contributed by atoms with E-state index in [9.17, 15) is 10.1 Å². The fourth-order valence-corrected chi connectivity index (χ4v) is 1.95. The van der Waals surface area contributed by atoms with Crippen LogP contribution in [0.1, 0.15) is 44.5 Å². The summed E-state index contributed by atoms with van der Waals surface area (Å²) in [5.74, 6) is -0.0847. The van der Waals surface area contributed by atoms with Gasteiger partial charge in [0.05, 0.1) is 4.92 Å². The molecule has 17 heavy (non-hydrogen) atoms. The smallest absolute Gasteiger partial charge is 0.313 e. The molecule has 0 radical (unpaired) electrons. The lowest BCUT2D eigenvalue weighted by molar-refractivity contribution is -0.386. The molecule has 6 nitrogen and oxygen atoms in total. The van der Waals surface area contributed by atoms with Crippen molar-refractivity contribution >= 4 is 5.69 Å². The Hall–Kier alpha value is -1.43. The van der Waals surface area contributed by atoms with Crippen molar-refractivity contribution in [3.63, 3.8) is 0 Å². The molecule has 96 valence electrons. The Morgan fingerprint density at radius 1 is 1.53 bits per heavy atom. The van der Waals surface area contributed by atoms with Gasteiger partial charge in [0.25, 0.3) is 0 Å². The van der Waals surface area contributed by atoms with Crippen LogP contribution in [0.25, 0.3) is 0 Å². The van der Waals surface area contributed by atoms with Crippen molar-refractivity contribution in [3.05, 3.63) is 21.5 Å². The molecule has 6 heteroatoms. The highest BCUT2D eigenvalue weighted by Crippen LogP contribution is 2.31. The molecule has 1 rings (SSSR count). The van der Waals surface area contributed by atoms with Crippen molar-refractivity contribution in [2.75, 3.05) is 0 Å². The van der Waals surface area contributed by atoms with Crippen LogP contribution in [-0.2, 0) is 13.5 Å². The van der Waals surface area contributed by atoms with E-state index in [0.29, 0.717) is 17.8 Å². The van der Waals surface area contributed by atoms with E-state index in [0.717, 1.165) is 6.42 Å². The van der Waals surface area contributed by atoms with Crippen LogP contribution < -0.4 is 5.73 Å². The van der Waals surface area contributed by atoms with Crippen LogP contribution in [0.3, 0.4) is 0 Å². The maximum atomic E-state index is 11.2. The Balaban J connectivity index is 3.32. The molecule has 1 aromatic rings. The SMILES string of the molecule is CCCc1nn(C)c(C(C)C(C)N)c1[N+](=O)[O-]. The highest BCUT2D eigenvalue weighted by Gasteiger charge is 2.30. The van der Waals surface area contributed by atoms with Gasteiger partial charge in [0.1, 0.15) is 11.4 Å². The zero-order valence-electron chi connectivity index (χ0n) is 10.8. The van der Waals surface area contributed by atoms with Crippen molar-refractivity contribution in [1.82, 2.24) is 9.78 Å². The van der Waals surface area contributed by atoms with Crippen LogP contribution in [0.2, 0.25) is 0 Å². The zero-order chi connectivity index (χ0) is 13.2. The summed E-state index contributed by atoms with van der Waals surface area (Å²) >= 11 is 0. The lowest BCUT2D eigenvalue weighted by atomic mass is 9.98. The van der Waals surface area contributed by atoms with E-state index < -0.39 is 0 Å². The normalized spacial score (nSPS) is 14.6. The summed E-state index contributed by atoms with van der Waals surface area (Å²) in [6, 6.07) is -0.140. The van der Waals surface area contributed by atoms with Crippen LogP contribution >= 0.6 is 0 Å². The molecular formula is C11H20N4O2. The van der Waals surface area contributed by atoms with Gasteiger partial charge in [-0.25, -0.2) is 0 Å². The summed E-state index contributed by atoms with van der Waals surface area (Å²) < 4.78 is 1.59. The maximum Gasteiger partial charge on any atom is 0.313 e. The summed E-state index contributed by atoms with van der Waals surface area (Å²) in [5, 5.41) is 15.4. The van der Waals surface area contributed by atoms with E-state index in [-0.39, 0.29) is 22.6 Å². The number of rotatable bonds is 5. The number of nitrogens with zero attached hydrogens (tertiary/aromatic N) is 3. The second-order valence-electron chi connectivity index (χ2n) is 4.46. The summed E-state index contributed by atoms with van der Waals surface area (Å²) in [5.41, 5.74) is 7.14. The van der Waals surface area contributed by atoms with Gasteiger partial charge in [-0.2, -0.15) is 5.10 Å². The van der Waals surface area contributed by atoms with Gasteiger partial charge in [-0.1, -0.05) is 20.3 Å². The third kappa shape index (κ3) is 2.63. The maximum absolute atomic E-state index is 11.2. The van der Waals surface area contributed by atoms with E-state index in [4.69, 9.17) is 5.73 Å². The molecule has 0 aliphatic carbocycles. The van der Waals surface area contributed by atoms with E-state index in [1.54, 1.807) is 11.7 Å². The third-order valence-corrected chi connectivity index (χ3v) is 3.02. The molecule has 2 unspecified atom stereocenters. The summed E-state index contributed by atoms with van der Waals surface area (Å²) in [6.45, 7) is 5.72. The van der Waals surface area contributed by atoms with E-state index >= 15 is 0 Å². The highest BCUT2D eigenvalue weighted by atomic mass is 16.6. The van der Waals surface area contributed by atoms with Crippen molar-refractivity contribution < 1.29 is 4.92 Å². The lowest BCUT2D eigenvalue weighted by Gasteiger charge is -2.14. The highest BCUT2D eigenvalue weighted by molar-refractivity contribution is 5.43. The average molecular weight is 240 g/mol. The van der Waals surface area contributed by atoms with Crippen molar-refractivity contribution in [3.8, 4) is 0 Å². The quantitative estimate of drug-likeness (QED) is 0.627. The van der Waals surface area contributed by atoms with Crippen LogP contribution in [-0.4, -0.2) is 20.7 Å². The predicted molar refractivity (Wildman–Crippen MR) is 65.9 cm³/mol. The molecule has 1 heterocycles. The number of hydrogen-bond donors (Lipinski definition) is 1. The second kappa shape index (κ2) is 5.27. The fourth-order valence-electron chi connectivity index (χ4n) is 1.95. The molecular weight excluding hydrogens is 220 g/mol. The topological polar surface area (TPSA) is 87.0 Å². The molecule has 0 fully saturated rings. The summed E-state index contributed by atoms with van der Waals surface area (Å²) in [6.07, 6.45) is 1.46. The molecule has 0 aromatic carbocycles. The summed E-state index contributed by atoms with van der Waals surface area (Å²) in [4.78, 5) is 10.8. The van der Waals surface area contributed by atoms with Crippen molar-refractivity contribution in [2.24, 2.45) is 12.8 Å². The van der Waals surface area contributed by atoms with Gasteiger partial charge in [-0.3, -0.25) is 14.8 Å². The zero-order valence-corrected chi connectivity index (χ0v) is 10.8. The standard InChI is InChI=1S/C11H20N4O2/c1-5-6-9-11(15(16)17)10(14(4)13-9)7(2)8(3)12/h7-8H,5-6,12H2,1-4H3. The lowest BCUT2D eigenvalue weighted by Crippen LogP contribution is -2.24. The predicted octanol–water partition coefficient (Wildman–Crippen LogP) is 1.73. The van der Waals surface area contributed by atoms with Gasteiger partial charge in [0.2, 0.25) is 0 Å². The molecule has 0 amide bonds. The second-order valence-corrected chi connectivity index (χ2v) is 4.46. The first-order chi connectivity index (χ1) is 7.90. The van der Waals surface area contributed by atoms with Gasteiger partial charge in [0.15, 0.2) is 0 Å². The molecule has 0 spiro atoms. The Morgan fingerprint density at radius 3 is 2.53 bits per heavy atom. The van der Waals surface area contributed by atoms with Gasteiger partial charge in [0, 0.05) is 19.0 Å². The molecule has 1 aromatic heterocycles. The monoisotopic (exact) mass is 240 g/mol. The minimum atomic E-state index is -0.341. The van der Waals surface area contributed by atoms with Gasteiger partial charge in [-0.15, -0.1) is 0 Å². The Labute approximate surface area is 101 Å². The summed E-state index contributed by atoms with van der Waals surface area (Å²) in [7, 11) is 1.74. The van der Waals surface area contributed by atoms with Crippen LogP contribution in [0.15, 0.2) is 0 Å². The third-order valence-electron chi connectivity index (χ3n) is 3.02. The van der Waals surface area contributed by atoms with Crippen molar-refractivity contribution in [1.29, 1.82) is 0 Å². The van der Waals surface area contributed by atoms with E-state index in [1.807, 2.05) is 20.8 Å². The molecule has 2 atom stereocenters. The molecule has 2 N–H and O–H groups in total. The number of nitro groups is 1.